The molecule has 0 radical (unpaired) electrons. The second-order valence-electron chi connectivity index (χ2n) is 4.54. The number of nitrogens with zero attached hydrogens (tertiary/aromatic N) is 3. The van der Waals surface area contributed by atoms with Crippen molar-refractivity contribution in [3.63, 3.8) is 0 Å². The van der Waals surface area contributed by atoms with Crippen molar-refractivity contribution >= 4 is 41.3 Å². The minimum atomic E-state index is 0. The van der Waals surface area contributed by atoms with E-state index in [0.717, 1.165) is 25.6 Å². The van der Waals surface area contributed by atoms with E-state index in [4.69, 9.17) is 0 Å². The summed E-state index contributed by atoms with van der Waals surface area (Å²) >= 11 is 1.75. The van der Waals surface area contributed by atoms with E-state index < -0.39 is 0 Å². The summed E-state index contributed by atoms with van der Waals surface area (Å²) in [6.07, 6.45) is 0. The Morgan fingerprint density at radius 3 is 2.83 bits per heavy atom. The highest BCUT2D eigenvalue weighted by atomic mass is 127. The molecular weight excluding hydrogens is 359 g/mol. The maximum absolute atomic E-state index is 4.44. The van der Waals surface area contributed by atoms with E-state index in [1.807, 2.05) is 0 Å². The third kappa shape index (κ3) is 3.83. The zero-order chi connectivity index (χ0) is 12.3. The third-order valence-corrected chi connectivity index (χ3v) is 3.76. The summed E-state index contributed by atoms with van der Waals surface area (Å²) in [5, 5.41) is 7.78. The smallest absolute Gasteiger partial charge is 0.193 e. The summed E-state index contributed by atoms with van der Waals surface area (Å²) in [6, 6.07) is 2.59. The zero-order valence-electron chi connectivity index (χ0n) is 11.1. The van der Waals surface area contributed by atoms with Crippen LogP contribution in [0, 0.1) is 0 Å². The van der Waals surface area contributed by atoms with E-state index in [2.05, 4.69) is 58.1 Å². The van der Waals surface area contributed by atoms with Gasteiger partial charge < -0.3 is 15.1 Å². The van der Waals surface area contributed by atoms with Crippen LogP contribution < -0.4 is 5.32 Å². The molecular formula is C12H21IN4S. The van der Waals surface area contributed by atoms with E-state index >= 15 is 0 Å². The summed E-state index contributed by atoms with van der Waals surface area (Å²) in [7, 11) is 6.31. The van der Waals surface area contributed by atoms with Crippen LogP contribution in [0.1, 0.15) is 11.6 Å². The molecule has 0 spiro atoms. The second kappa shape index (κ2) is 7.30. The monoisotopic (exact) mass is 380 g/mol. The Labute approximate surface area is 130 Å². The molecule has 0 bridgehead atoms. The second-order valence-corrected chi connectivity index (χ2v) is 5.32. The van der Waals surface area contributed by atoms with E-state index in [1.54, 1.807) is 11.3 Å². The lowest BCUT2D eigenvalue weighted by atomic mass is 10.1. The highest BCUT2D eigenvalue weighted by molar-refractivity contribution is 14.0. The lowest BCUT2D eigenvalue weighted by molar-refractivity contribution is 0.297. The van der Waals surface area contributed by atoms with Crippen LogP contribution in [0.2, 0.25) is 0 Å². The van der Waals surface area contributed by atoms with Crippen LogP contribution >= 0.6 is 35.3 Å². The van der Waals surface area contributed by atoms with Crippen LogP contribution in [0.15, 0.2) is 21.8 Å². The summed E-state index contributed by atoms with van der Waals surface area (Å²) in [5.74, 6) is 1.02. The van der Waals surface area contributed by atoms with Gasteiger partial charge in [-0.2, -0.15) is 11.3 Å². The van der Waals surface area contributed by atoms with Gasteiger partial charge in [-0.05, 0) is 36.5 Å². The van der Waals surface area contributed by atoms with Gasteiger partial charge in [0.15, 0.2) is 5.96 Å². The molecule has 6 heteroatoms. The Morgan fingerprint density at radius 1 is 1.56 bits per heavy atom. The summed E-state index contributed by atoms with van der Waals surface area (Å²) < 4.78 is 0. The first kappa shape index (κ1) is 15.7. The minimum absolute atomic E-state index is 0. The highest BCUT2D eigenvalue weighted by Crippen LogP contribution is 2.20. The van der Waals surface area contributed by atoms with E-state index in [9.17, 15) is 0 Å². The highest BCUT2D eigenvalue weighted by Gasteiger charge is 2.17. The number of hydrogen-bond acceptors (Lipinski definition) is 5. The molecule has 0 saturated heterocycles. The average Bonchev–Trinajstić information content (AvgIpc) is 2.91. The van der Waals surface area contributed by atoms with E-state index in [0.29, 0.717) is 6.04 Å². The Morgan fingerprint density at radius 2 is 2.33 bits per heavy atom. The van der Waals surface area contributed by atoms with Crippen molar-refractivity contribution in [3.05, 3.63) is 22.4 Å². The summed E-state index contributed by atoms with van der Waals surface area (Å²) in [4.78, 5) is 8.85. The Bertz CT molecular complexity index is 377. The molecule has 18 heavy (non-hydrogen) atoms. The molecule has 1 aliphatic rings. The molecule has 2 heterocycles. The maximum atomic E-state index is 4.44. The fraction of sp³-hybridized carbons (Fsp3) is 0.583. The van der Waals surface area contributed by atoms with Gasteiger partial charge in [-0.15, -0.1) is 24.0 Å². The molecule has 0 amide bonds. The fourth-order valence-electron chi connectivity index (χ4n) is 1.97. The zero-order valence-corrected chi connectivity index (χ0v) is 14.2. The maximum Gasteiger partial charge on any atom is 0.193 e. The van der Waals surface area contributed by atoms with Crippen LogP contribution in [0.3, 0.4) is 0 Å². The predicted octanol–water partition coefficient (Wildman–Crippen LogP) is 1.86. The lowest BCUT2D eigenvalue weighted by Crippen LogP contribution is -2.40. The first-order valence-electron chi connectivity index (χ1n) is 5.86. The standard InChI is InChI=1S/C12H20N4S.HI/c1-15(2)11(10-4-7-17-9-10)8-14-12-13-5-6-16(12)3;/h4,7,9,11H,5-6,8H2,1-3H3,(H,13,14);1H. The minimum Gasteiger partial charge on any atom is -0.354 e. The third-order valence-electron chi connectivity index (χ3n) is 3.06. The van der Waals surface area contributed by atoms with Crippen molar-refractivity contribution in [1.82, 2.24) is 15.1 Å². The Kier molecular flexibility index (Phi) is 6.37. The van der Waals surface area contributed by atoms with Crippen molar-refractivity contribution in [2.24, 2.45) is 4.99 Å². The SMILES string of the molecule is CN1CCN=C1NCC(c1ccsc1)N(C)C.I. The number of guanidine groups is 1. The number of rotatable bonds is 4. The van der Waals surface area contributed by atoms with Crippen LogP contribution in [0.25, 0.3) is 0 Å². The van der Waals surface area contributed by atoms with Gasteiger partial charge in [0.25, 0.3) is 0 Å². The molecule has 0 saturated carbocycles. The van der Waals surface area contributed by atoms with Gasteiger partial charge in [-0.3, -0.25) is 4.99 Å². The first-order valence-corrected chi connectivity index (χ1v) is 6.80. The van der Waals surface area contributed by atoms with Crippen molar-refractivity contribution in [1.29, 1.82) is 0 Å². The topological polar surface area (TPSA) is 30.9 Å². The molecule has 1 unspecified atom stereocenters. The van der Waals surface area contributed by atoms with Gasteiger partial charge in [0.1, 0.15) is 0 Å². The number of hydrogen-bond donors (Lipinski definition) is 1. The van der Waals surface area contributed by atoms with Gasteiger partial charge >= 0.3 is 0 Å². The fourth-order valence-corrected chi connectivity index (χ4v) is 2.68. The van der Waals surface area contributed by atoms with Gasteiger partial charge in [0.2, 0.25) is 0 Å². The van der Waals surface area contributed by atoms with Crippen LogP contribution in [0.4, 0.5) is 0 Å². The Balaban J connectivity index is 0.00000162. The van der Waals surface area contributed by atoms with Crippen molar-refractivity contribution in [2.75, 3.05) is 40.8 Å². The molecule has 1 aromatic rings. The number of aliphatic imine (C=N–C) groups is 1. The lowest BCUT2D eigenvalue weighted by Gasteiger charge is -2.25. The summed E-state index contributed by atoms with van der Waals surface area (Å²) in [6.45, 7) is 2.82. The molecule has 1 N–H and O–H groups in total. The van der Waals surface area contributed by atoms with Crippen LogP contribution in [-0.2, 0) is 0 Å². The number of thiophene rings is 1. The molecule has 0 aliphatic carbocycles. The number of likely N-dealkylation sites (N-methyl/N-ethyl adjacent to an activating group) is 2. The number of nitrogens with one attached hydrogen (secondary N) is 1. The van der Waals surface area contributed by atoms with Gasteiger partial charge in [-0.25, -0.2) is 0 Å². The molecule has 1 aliphatic heterocycles. The predicted molar refractivity (Wildman–Crippen MR) is 89.1 cm³/mol. The van der Waals surface area contributed by atoms with Crippen molar-refractivity contribution in [3.8, 4) is 0 Å². The summed E-state index contributed by atoms with van der Waals surface area (Å²) in [5.41, 5.74) is 1.37. The number of halogens is 1. The van der Waals surface area contributed by atoms with Crippen molar-refractivity contribution in [2.45, 2.75) is 6.04 Å². The van der Waals surface area contributed by atoms with Crippen molar-refractivity contribution < 1.29 is 0 Å². The normalized spacial score (nSPS) is 16.4. The quantitative estimate of drug-likeness (QED) is 0.810. The largest absolute Gasteiger partial charge is 0.354 e. The molecule has 102 valence electrons. The Hall–Kier alpha value is -0.340. The molecule has 1 atom stereocenters. The van der Waals surface area contributed by atoms with Gasteiger partial charge in [0, 0.05) is 20.1 Å². The molecule has 0 aromatic carbocycles. The average molecular weight is 380 g/mol. The van der Waals surface area contributed by atoms with Crippen LogP contribution in [-0.4, -0.2) is 56.5 Å². The van der Waals surface area contributed by atoms with Crippen LogP contribution in [0.5, 0.6) is 0 Å². The first-order chi connectivity index (χ1) is 8.18. The van der Waals surface area contributed by atoms with E-state index in [-0.39, 0.29) is 24.0 Å². The molecule has 1 aromatic heterocycles. The van der Waals surface area contributed by atoms with Gasteiger partial charge in [-0.1, -0.05) is 0 Å². The molecule has 2 rings (SSSR count). The van der Waals surface area contributed by atoms with Gasteiger partial charge in [0.05, 0.1) is 12.6 Å². The van der Waals surface area contributed by atoms with E-state index in [1.165, 1.54) is 5.56 Å². The molecule has 4 nitrogen and oxygen atoms in total. The molecule has 0 fully saturated rings.